The lowest BCUT2D eigenvalue weighted by Gasteiger charge is -2.06. The number of hydrogen-bond donors (Lipinski definition) is 1. The number of anilines is 1. The van der Waals surface area contributed by atoms with E-state index in [1.54, 1.807) is 31.3 Å². The van der Waals surface area contributed by atoms with Gasteiger partial charge in [-0.3, -0.25) is 4.72 Å². The molecule has 1 aromatic heterocycles. The van der Waals surface area contributed by atoms with Crippen LogP contribution in [0, 0.1) is 0 Å². The average Bonchev–Trinajstić information content (AvgIpc) is 2.75. The van der Waals surface area contributed by atoms with Crippen LogP contribution in [0.25, 0.3) is 11.4 Å². The van der Waals surface area contributed by atoms with E-state index >= 15 is 0 Å². The highest BCUT2D eigenvalue weighted by Crippen LogP contribution is 2.20. The molecule has 0 aliphatic heterocycles. The predicted molar refractivity (Wildman–Crippen MR) is 67.5 cm³/mol. The zero-order chi connectivity index (χ0) is 13.2. The van der Waals surface area contributed by atoms with Crippen molar-refractivity contribution in [2.45, 2.75) is 0 Å². The van der Waals surface area contributed by atoms with Gasteiger partial charge in [0.05, 0.1) is 0 Å². The molecule has 0 bridgehead atoms. The zero-order valence-electron chi connectivity index (χ0n) is 9.41. The predicted octanol–water partition coefficient (Wildman–Crippen LogP) is 0.815. The van der Waals surface area contributed by atoms with Crippen molar-refractivity contribution < 1.29 is 8.42 Å². The van der Waals surface area contributed by atoms with Crippen LogP contribution in [0.15, 0.2) is 24.3 Å². The van der Waals surface area contributed by atoms with Crippen LogP contribution in [-0.2, 0) is 17.1 Å². The van der Waals surface area contributed by atoms with Crippen molar-refractivity contribution in [2.24, 2.45) is 7.05 Å². The summed E-state index contributed by atoms with van der Waals surface area (Å²) in [6.45, 7) is 0. The van der Waals surface area contributed by atoms with Crippen LogP contribution >= 0.6 is 11.6 Å². The van der Waals surface area contributed by atoms with Crippen LogP contribution in [0.2, 0.25) is 0 Å². The fourth-order valence-corrected chi connectivity index (χ4v) is 2.11. The Morgan fingerprint density at radius 2 is 2.22 bits per heavy atom. The van der Waals surface area contributed by atoms with E-state index in [0.29, 0.717) is 17.1 Å². The third-order valence-corrected chi connectivity index (χ3v) is 3.85. The molecule has 0 unspecified atom stereocenters. The Labute approximate surface area is 109 Å². The Morgan fingerprint density at radius 1 is 1.44 bits per heavy atom. The van der Waals surface area contributed by atoms with Crippen molar-refractivity contribution in [3.05, 3.63) is 24.3 Å². The number of hydrogen-bond acceptors (Lipinski definition) is 5. The number of tetrazole rings is 1. The number of nitrogens with one attached hydrogen (secondary N) is 1. The third kappa shape index (κ3) is 2.77. The Kier molecular flexibility index (Phi) is 3.48. The van der Waals surface area contributed by atoms with Gasteiger partial charge >= 0.3 is 0 Å². The van der Waals surface area contributed by atoms with Gasteiger partial charge in [-0.15, -0.1) is 16.7 Å². The fraction of sp³-hybridized carbons (Fsp3) is 0.222. The number of rotatable bonds is 4. The van der Waals surface area contributed by atoms with Crippen LogP contribution < -0.4 is 4.72 Å². The summed E-state index contributed by atoms with van der Waals surface area (Å²) in [6.07, 6.45) is 0. The van der Waals surface area contributed by atoms with Gasteiger partial charge in [0.25, 0.3) is 0 Å². The minimum atomic E-state index is -3.51. The monoisotopic (exact) mass is 287 g/mol. The molecule has 2 rings (SSSR count). The second kappa shape index (κ2) is 4.91. The topological polar surface area (TPSA) is 89.8 Å². The van der Waals surface area contributed by atoms with E-state index in [1.165, 1.54) is 4.68 Å². The summed E-state index contributed by atoms with van der Waals surface area (Å²) < 4.78 is 26.5. The molecule has 0 fully saturated rings. The summed E-state index contributed by atoms with van der Waals surface area (Å²) in [6, 6.07) is 6.74. The van der Waals surface area contributed by atoms with Crippen LogP contribution in [0.5, 0.6) is 0 Å². The molecule has 9 heteroatoms. The van der Waals surface area contributed by atoms with Crippen molar-refractivity contribution in [1.82, 2.24) is 20.2 Å². The highest BCUT2D eigenvalue weighted by Gasteiger charge is 2.10. The summed E-state index contributed by atoms with van der Waals surface area (Å²) in [4.78, 5) is 0. The summed E-state index contributed by atoms with van der Waals surface area (Å²) in [5.41, 5.74) is 1.12. The first kappa shape index (κ1) is 12.8. The molecule has 0 saturated carbocycles. The van der Waals surface area contributed by atoms with Gasteiger partial charge < -0.3 is 0 Å². The van der Waals surface area contributed by atoms with Gasteiger partial charge in [0.2, 0.25) is 10.0 Å². The van der Waals surface area contributed by atoms with Gasteiger partial charge in [-0.1, -0.05) is 12.1 Å². The zero-order valence-corrected chi connectivity index (χ0v) is 11.0. The molecule has 18 heavy (non-hydrogen) atoms. The first-order chi connectivity index (χ1) is 8.52. The van der Waals surface area contributed by atoms with Crippen LogP contribution in [0.4, 0.5) is 5.69 Å². The SMILES string of the molecule is Cn1nnnc1-c1cccc(NS(=O)(=O)CCl)c1. The fourth-order valence-electron chi connectivity index (χ4n) is 1.40. The molecule has 1 N–H and O–H groups in total. The van der Waals surface area contributed by atoms with Gasteiger partial charge in [-0.2, -0.15) is 0 Å². The maximum atomic E-state index is 11.3. The quantitative estimate of drug-likeness (QED) is 0.841. The Balaban J connectivity index is 2.35. The van der Waals surface area contributed by atoms with Crippen LogP contribution in [0.1, 0.15) is 0 Å². The first-order valence-electron chi connectivity index (χ1n) is 4.91. The largest absolute Gasteiger partial charge is 0.283 e. The minimum absolute atomic E-state index is 0.413. The summed E-state index contributed by atoms with van der Waals surface area (Å²) in [5.74, 6) is 0.543. The van der Waals surface area contributed by atoms with E-state index in [4.69, 9.17) is 11.6 Å². The van der Waals surface area contributed by atoms with Crippen LogP contribution in [0.3, 0.4) is 0 Å². The summed E-state index contributed by atoms with van der Waals surface area (Å²) >= 11 is 5.32. The number of halogens is 1. The maximum absolute atomic E-state index is 11.3. The second-order valence-electron chi connectivity index (χ2n) is 3.53. The molecule has 0 amide bonds. The highest BCUT2D eigenvalue weighted by atomic mass is 35.5. The molecule has 1 heterocycles. The molecule has 0 atom stereocenters. The van der Waals surface area contributed by atoms with Gasteiger partial charge in [-0.25, -0.2) is 13.1 Å². The van der Waals surface area contributed by atoms with Gasteiger partial charge in [0.15, 0.2) is 5.82 Å². The molecule has 7 nitrogen and oxygen atoms in total. The molecule has 0 radical (unpaired) electrons. The lowest BCUT2D eigenvalue weighted by molar-refractivity contribution is 0.605. The molecular weight excluding hydrogens is 278 g/mol. The standard InChI is InChI=1S/C9H10ClN5O2S/c1-15-9(11-13-14-15)7-3-2-4-8(5-7)12-18(16,17)6-10/h2-5,12H,6H2,1H3. The van der Waals surface area contributed by atoms with Gasteiger partial charge in [0, 0.05) is 18.3 Å². The first-order valence-corrected chi connectivity index (χ1v) is 7.10. The second-order valence-corrected chi connectivity index (χ2v) is 5.84. The lowest BCUT2D eigenvalue weighted by Crippen LogP contribution is -2.13. The van der Waals surface area contributed by atoms with Crippen molar-refractivity contribution in [3.63, 3.8) is 0 Å². The molecule has 0 aliphatic rings. The van der Waals surface area contributed by atoms with E-state index in [9.17, 15) is 8.42 Å². The normalized spacial score (nSPS) is 11.4. The van der Waals surface area contributed by atoms with E-state index in [2.05, 4.69) is 20.2 Å². The smallest absolute Gasteiger partial charge is 0.246 e. The van der Waals surface area contributed by atoms with Crippen molar-refractivity contribution >= 4 is 27.3 Å². The summed E-state index contributed by atoms with van der Waals surface area (Å²) in [5, 5.41) is 10.6. The number of alkyl halides is 1. The molecule has 0 aliphatic carbocycles. The van der Waals surface area contributed by atoms with Crippen molar-refractivity contribution in [2.75, 3.05) is 9.93 Å². The van der Waals surface area contributed by atoms with Crippen molar-refractivity contribution in [3.8, 4) is 11.4 Å². The van der Waals surface area contributed by atoms with E-state index in [0.717, 1.165) is 0 Å². The van der Waals surface area contributed by atoms with Crippen molar-refractivity contribution in [1.29, 1.82) is 0 Å². The Bertz CT molecular complexity index is 654. The molecule has 96 valence electrons. The number of benzene rings is 1. The number of aryl methyl sites for hydroxylation is 1. The Morgan fingerprint density at radius 3 is 2.83 bits per heavy atom. The number of sulfonamides is 1. The Hall–Kier alpha value is -1.67. The van der Waals surface area contributed by atoms with E-state index < -0.39 is 15.2 Å². The third-order valence-electron chi connectivity index (χ3n) is 2.16. The van der Waals surface area contributed by atoms with E-state index in [-0.39, 0.29) is 0 Å². The molecular formula is C9H10ClN5O2S. The lowest BCUT2D eigenvalue weighted by atomic mass is 10.2. The molecule has 1 aromatic carbocycles. The van der Waals surface area contributed by atoms with Gasteiger partial charge in [-0.05, 0) is 22.6 Å². The maximum Gasteiger partial charge on any atom is 0.246 e. The number of nitrogens with zero attached hydrogens (tertiary/aromatic N) is 4. The highest BCUT2D eigenvalue weighted by molar-refractivity contribution is 7.93. The summed E-state index contributed by atoms with van der Waals surface area (Å²) in [7, 11) is -1.81. The van der Waals surface area contributed by atoms with E-state index in [1.807, 2.05) is 0 Å². The average molecular weight is 288 g/mol. The van der Waals surface area contributed by atoms with Gasteiger partial charge in [0.1, 0.15) is 5.21 Å². The molecule has 2 aromatic rings. The minimum Gasteiger partial charge on any atom is -0.283 e. The van der Waals surface area contributed by atoms with Crippen LogP contribution in [-0.4, -0.2) is 33.8 Å². The molecule has 0 saturated heterocycles. The molecule has 0 spiro atoms. The number of aromatic nitrogens is 4.